The second kappa shape index (κ2) is 8.96. The lowest BCUT2D eigenvalue weighted by Gasteiger charge is -2.26. The van der Waals surface area contributed by atoms with Gasteiger partial charge in [0, 0.05) is 40.1 Å². The number of halogens is 1. The molecule has 0 aliphatic carbocycles. The molecule has 0 spiro atoms. The zero-order chi connectivity index (χ0) is 19.3. The lowest BCUT2D eigenvalue weighted by atomic mass is 10.1. The molecule has 2 aromatic carbocycles. The number of anilines is 1. The number of amides is 1. The highest BCUT2D eigenvalue weighted by molar-refractivity contribution is 9.10. The van der Waals surface area contributed by atoms with Crippen molar-refractivity contribution >= 4 is 38.3 Å². The molecule has 1 aliphatic rings. The van der Waals surface area contributed by atoms with Crippen LogP contribution in [0.4, 0.5) is 5.13 Å². The van der Waals surface area contributed by atoms with Crippen molar-refractivity contribution in [1.29, 1.82) is 0 Å². The molecule has 0 unspecified atom stereocenters. The number of nitrogens with zero attached hydrogens (tertiary/aromatic N) is 2. The monoisotopic (exact) mass is 457 g/mol. The standard InChI is InChI=1S/C21H20BrN3O2S/c22-17-8-4-7-16(13-17)20(26)24-21-23-19(15-5-2-1-3-6-15)18(28-21)14-25-9-11-27-12-10-25/h1-8,13H,9-12,14H2,(H,23,24,26). The van der Waals surface area contributed by atoms with E-state index in [1.54, 1.807) is 12.1 Å². The van der Waals surface area contributed by atoms with Crippen molar-refractivity contribution in [3.05, 3.63) is 69.5 Å². The fourth-order valence-corrected chi connectivity index (χ4v) is 4.52. The molecule has 144 valence electrons. The fraction of sp³-hybridized carbons (Fsp3) is 0.238. The van der Waals surface area contributed by atoms with E-state index in [-0.39, 0.29) is 5.91 Å². The zero-order valence-corrected chi connectivity index (χ0v) is 17.6. The van der Waals surface area contributed by atoms with Crippen LogP contribution in [0.1, 0.15) is 15.2 Å². The molecule has 5 nitrogen and oxygen atoms in total. The van der Waals surface area contributed by atoms with E-state index < -0.39 is 0 Å². The maximum absolute atomic E-state index is 12.6. The molecule has 0 saturated carbocycles. The van der Waals surface area contributed by atoms with Crippen LogP contribution in [0.2, 0.25) is 0 Å². The maximum Gasteiger partial charge on any atom is 0.257 e. The first-order valence-electron chi connectivity index (χ1n) is 9.11. The molecule has 0 radical (unpaired) electrons. The molecule has 0 atom stereocenters. The van der Waals surface area contributed by atoms with Crippen LogP contribution in [0.3, 0.4) is 0 Å². The minimum absolute atomic E-state index is 0.160. The summed E-state index contributed by atoms with van der Waals surface area (Å²) in [5, 5.41) is 3.58. The van der Waals surface area contributed by atoms with Crippen LogP contribution in [-0.2, 0) is 11.3 Å². The minimum atomic E-state index is -0.160. The number of thiazole rings is 1. The number of hydrogen-bond acceptors (Lipinski definition) is 5. The van der Waals surface area contributed by atoms with E-state index in [4.69, 9.17) is 9.72 Å². The van der Waals surface area contributed by atoms with E-state index in [2.05, 4.69) is 38.3 Å². The highest BCUT2D eigenvalue weighted by Crippen LogP contribution is 2.32. The van der Waals surface area contributed by atoms with Crippen LogP contribution in [-0.4, -0.2) is 42.1 Å². The molecule has 1 saturated heterocycles. The Morgan fingerprint density at radius 3 is 2.68 bits per heavy atom. The zero-order valence-electron chi connectivity index (χ0n) is 15.2. The number of carbonyl (C=O) groups excluding carboxylic acids is 1. The van der Waals surface area contributed by atoms with Crippen LogP contribution in [0.5, 0.6) is 0 Å². The molecule has 2 heterocycles. The third-order valence-corrected chi connectivity index (χ3v) is 5.97. The van der Waals surface area contributed by atoms with Crippen molar-refractivity contribution in [3.63, 3.8) is 0 Å². The van der Waals surface area contributed by atoms with E-state index in [1.165, 1.54) is 11.3 Å². The predicted molar refractivity (Wildman–Crippen MR) is 116 cm³/mol. The number of benzene rings is 2. The highest BCUT2D eigenvalue weighted by Gasteiger charge is 2.19. The topological polar surface area (TPSA) is 54.5 Å². The van der Waals surface area contributed by atoms with Gasteiger partial charge < -0.3 is 4.74 Å². The summed E-state index contributed by atoms with van der Waals surface area (Å²) in [6.45, 7) is 4.13. The second-order valence-corrected chi connectivity index (χ2v) is 8.51. The van der Waals surface area contributed by atoms with Crippen LogP contribution in [0.25, 0.3) is 11.3 Å². The summed E-state index contributed by atoms with van der Waals surface area (Å²) < 4.78 is 6.33. The van der Waals surface area contributed by atoms with Crippen LogP contribution in [0, 0.1) is 0 Å². The average Bonchev–Trinajstić information content (AvgIpc) is 3.11. The van der Waals surface area contributed by atoms with Gasteiger partial charge >= 0.3 is 0 Å². The smallest absolute Gasteiger partial charge is 0.257 e. The summed E-state index contributed by atoms with van der Waals surface area (Å²) >= 11 is 4.95. The fourth-order valence-electron chi connectivity index (χ4n) is 3.10. The molecular weight excluding hydrogens is 438 g/mol. The first-order chi connectivity index (χ1) is 13.7. The van der Waals surface area contributed by atoms with Gasteiger partial charge in [-0.3, -0.25) is 15.0 Å². The van der Waals surface area contributed by atoms with Gasteiger partial charge in [0.1, 0.15) is 0 Å². The Kier molecular flexibility index (Phi) is 6.17. The molecule has 28 heavy (non-hydrogen) atoms. The molecule has 3 aromatic rings. The summed E-state index contributed by atoms with van der Waals surface area (Å²) in [7, 11) is 0. The number of carbonyl (C=O) groups is 1. The Hall–Kier alpha value is -2.06. The van der Waals surface area contributed by atoms with Crippen molar-refractivity contribution < 1.29 is 9.53 Å². The molecule has 1 N–H and O–H groups in total. The van der Waals surface area contributed by atoms with Gasteiger partial charge in [0.2, 0.25) is 0 Å². The number of nitrogens with one attached hydrogen (secondary N) is 1. The number of ether oxygens (including phenoxy) is 1. The number of morpholine rings is 1. The van der Waals surface area contributed by atoms with E-state index in [9.17, 15) is 4.79 Å². The summed E-state index contributed by atoms with van der Waals surface area (Å²) in [6, 6.07) is 17.5. The Morgan fingerprint density at radius 1 is 1.14 bits per heavy atom. The Labute approximate surface area is 176 Å². The predicted octanol–water partition coefficient (Wildman–Crippen LogP) is 4.66. The van der Waals surface area contributed by atoms with Gasteiger partial charge in [0.05, 0.1) is 18.9 Å². The van der Waals surface area contributed by atoms with Crippen LogP contribution in [0.15, 0.2) is 59.1 Å². The lowest BCUT2D eigenvalue weighted by Crippen LogP contribution is -2.35. The largest absolute Gasteiger partial charge is 0.379 e. The Bertz CT molecular complexity index is 955. The van der Waals surface area contributed by atoms with Crippen molar-refractivity contribution in [3.8, 4) is 11.3 Å². The van der Waals surface area contributed by atoms with Gasteiger partial charge in [0.25, 0.3) is 5.91 Å². The van der Waals surface area contributed by atoms with Crippen molar-refractivity contribution in [2.75, 3.05) is 31.6 Å². The molecular formula is C21H20BrN3O2S. The highest BCUT2D eigenvalue weighted by atomic mass is 79.9. The quantitative estimate of drug-likeness (QED) is 0.605. The van der Waals surface area contributed by atoms with Crippen LogP contribution < -0.4 is 5.32 Å². The maximum atomic E-state index is 12.6. The normalized spacial score (nSPS) is 14.8. The molecule has 0 bridgehead atoms. The van der Waals surface area contributed by atoms with E-state index >= 15 is 0 Å². The van der Waals surface area contributed by atoms with Gasteiger partial charge in [-0.1, -0.05) is 63.7 Å². The van der Waals surface area contributed by atoms with Gasteiger partial charge in [-0.2, -0.15) is 0 Å². The van der Waals surface area contributed by atoms with E-state index in [0.717, 1.165) is 53.5 Å². The number of hydrogen-bond donors (Lipinski definition) is 1. The van der Waals surface area contributed by atoms with Crippen molar-refractivity contribution in [2.45, 2.75) is 6.54 Å². The Balaban J connectivity index is 1.60. The molecule has 4 rings (SSSR count). The van der Waals surface area contributed by atoms with E-state index in [0.29, 0.717) is 10.7 Å². The summed E-state index contributed by atoms with van der Waals surface area (Å²) in [6.07, 6.45) is 0. The summed E-state index contributed by atoms with van der Waals surface area (Å²) in [5.74, 6) is -0.160. The van der Waals surface area contributed by atoms with Crippen molar-refractivity contribution in [1.82, 2.24) is 9.88 Å². The minimum Gasteiger partial charge on any atom is -0.379 e. The summed E-state index contributed by atoms with van der Waals surface area (Å²) in [5.41, 5.74) is 2.59. The Morgan fingerprint density at radius 2 is 1.93 bits per heavy atom. The second-order valence-electron chi connectivity index (χ2n) is 6.51. The lowest BCUT2D eigenvalue weighted by molar-refractivity contribution is 0.0347. The van der Waals surface area contributed by atoms with Gasteiger partial charge in [-0.05, 0) is 18.2 Å². The molecule has 1 amide bonds. The molecule has 1 fully saturated rings. The number of rotatable bonds is 5. The average molecular weight is 458 g/mol. The first kappa shape index (κ1) is 19.3. The van der Waals surface area contributed by atoms with Crippen molar-refractivity contribution in [2.24, 2.45) is 0 Å². The van der Waals surface area contributed by atoms with Gasteiger partial charge in [-0.25, -0.2) is 4.98 Å². The number of aromatic nitrogens is 1. The van der Waals surface area contributed by atoms with Gasteiger partial charge in [-0.15, -0.1) is 0 Å². The van der Waals surface area contributed by atoms with E-state index in [1.807, 2.05) is 30.3 Å². The molecule has 7 heteroatoms. The summed E-state index contributed by atoms with van der Waals surface area (Å²) in [4.78, 5) is 20.9. The molecule has 1 aromatic heterocycles. The SMILES string of the molecule is O=C(Nc1nc(-c2ccccc2)c(CN2CCOCC2)s1)c1cccc(Br)c1. The first-order valence-corrected chi connectivity index (χ1v) is 10.7. The third kappa shape index (κ3) is 4.67. The molecule has 1 aliphatic heterocycles. The van der Waals surface area contributed by atoms with Gasteiger partial charge in [0.15, 0.2) is 5.13 Å². The van der Waals surface area contributed by atoms with Crippen LogP contribution >= 0.6 is 27.3 Å². The third-order valence-electron chi connectivity index (χ3n) is 4.52.